The lowest BCUT2D eigenvalue weighted by Crippen LogP contribution is -2.49. The normalized spacial score (nSPS) is 19.1. The molecule has 0 aliphatic carbocycles. The summed E-state index contributed by atoms with van der Waals surface area (Å²) in [6.07, 6.45) is 6.73. The molecular weight excluding hydrogens is 586 g/mol. The Morgan fingerprint density at radius 2 is 1.88 bits per heavy atom. The van der Waals surface area contributed by atoms with Crippen LogP contribution in [0.2, 0.25) is 5.02 Å². The Labute approximate surface area is 251 Å². The highest BCUT2D eigenvalue weighted by Gasteiger charge is 2.36. The molecule has 222 valence electrons. The van der Waals surface area contributed by atoms with E-state index in [1.807, 2.05) is 0 Å². The summed E-state index contributed by atoms with van der Waals surface area (Å²) in [5.41, 5.74) is -0.878. The highest BCUT2D eigenvalue weighted by Crippen LogP contribution is 2.32. The summed E-state index contributed by atoms with van der Waals surface area (Å²) in [6, 6.07) is 10.3. The number of carbonyl (C=O) groups is 2. The predicted molar refractivity (Wildman–Crippen MR) is 156 cm³/mol. The summed E-state index contributed by atoms with van der Waals surface area (Å²) in [5, 5.41) is 19.2. The molecule has 2 aliphatic rings. The molecule has 2 saturated heterocycles. The Kier molecular flexibility index (Phi) is 9.69. The third-order valence-corrected chi connectivity index (χ3v) is 8.65. The van der Waals surface area contributed by atoms with Crippen molar-refractivity contribution < 1.29 is 23.5 Å². The number of aromatic nitrogens is 3. The molecular formula is C29H31ClF2N6O3S. The fraction of sp³-hybridized carbons (Fsp3) is 0.379. The molecule has 0 bridgehead atoms. The molecule has 0 saturated carbocycles. The molecule has 2 amide bonds. The number of halogens is 3. The molecule has 42 heavy (non-hydrogen) atoms. The number of aliphatic hydroxyl groups is 1. The van der Waals surface area contributed by atoms with E-state index in [1.54, 1.807) is 30.3 Å². The number of nitrogens with one attached hydrogen (secondary N) is 1. The van der Waals surface area contributed by atoms with Crippen molar-refractivity contribution in [1.29, 1.82) is 0 Å². The Hall–Kier alpha value is -3.16. The number of imide groups is 1. The van der Waals surface area contributed by atoms with E-state index in [-0.39, 0.29) is 35.8 Å². The number of nitrogens with zero attached hydrogens (tertiary/aromatic N) is 5. The van der Waals surface area contributed by atoms with E-state index in [2.05, 4.69) is 20.3 Å². The van der Waals surface area contributed by atoms with Gasteiger partial charge in [-0.2, -0.15) is 5.10 Å². The van der Waals surface area contributed by atoms with Crippen LogP contribution in [0.4, 0.5) is 13.6 Å². The van der Waals surface area contributed by atoms with Gasteiger partial charge in [-0.15, -0.1) is 0 Å². The van der Waals surface area contributed by atoms with Gasteiger partial charge in [0, 0.05) is 35.8 Å². The molecule has 0 spiro atoms. The van der Waals surface area contributed by atoms with Gasteiger partial charge in [0.25, 0.3) is 11.1 Å². The Morgan fingerprint density at radius 1 is 1.12 bits per heavy atom. The van der Waals surface area contributed by atoms with E-state index in [0.29, 0.717) is 22.9 Å². The molecule has 0 radical (unpaired) electrons. The van der Waals surface area contributed by atoms with E-state index in [1.165, 1.54) is 28.3 Å². The van der Waals surface area contributed by atoms with Gasteiger partial charge in [-0.05, 0) is 80.5 Å². The minimum absolute atomic E-state index is 0.0142. The van der Waals surface area contributed by atoms with E-state index in [0.717, 1.165) is 61.9 Å². The van der Waals surface area contributed by atoms with Crippen molar-refractivity contribution in [3.05, 3.63) is 87.8 Å². The van der Waals surface area contributed by atoms with Crippen molar-refractivity contribution in [1.82, 2.24) is 29.9 Å². The second-order valence-corrected chi connectivity index (χ2v) is 11.9. The number of likely N-dealkylation sites (tertiary alicyclic amines) is 1. The molecule has 3 aromatic rings. The molecule has 2 fully saturated rings. The van der Waals surface area contributed by atoms with Crippen molar-refractivity contribution >= 4 is 40.6 Å². The maximum atomic E-state index is 14.7. The first-order chi connectivity index (χ1) is 20.2. The minimum Gasteiger partial charge on any atom is -0.382 e. The van der Waals surface area contributed by atoms with Gasteiger partial charge >= 0.3 is 0 Å². The van der Waals surface area contributed by atoms with E-state index >= 15 is 0 Å². The zero-order valence-corrected chi connectivity index (χ0v) is 24.3. The SMILES string of the molecule is O=C1SC(=Cc2ccc(Cl)cc2)C(=O)N1CCCN1CCC(NCC(O)(Cn2cncn2)c2ccc(F)cc2F)CC1. The van der Waals surface area contributed by atoms with Crippen molar-refractivity contribution in [2.24, 2.45) is 0 Å². The standard InChI is InChI=1S/C29H31ClF2N6O3S/c30-21-4-2-20(3-5-21)14-26-27(39)38(28(40)42-26)11-1-10-36-12-8-23(9-13-36)34-16-29(41,17-37-19-33-18-35-37)24-7-6-22(31)15-25(24)32/h2-7,14-15,18-19,23,34,41H,1,8-13,16-17H2. The first kappa shape index (κ1) is 30.3. The number of rotatable bonds is 11. The van der Waals surface area contributed by atoms with Gasteiger partial charge in [0.05, 0.1) is 11.4 Å². The van der Waals surface area contributed by atoms with Crippen LogP contribution < -0.4 is 5.32 Å². The molecule has 3 heterocycles. The van der Waals surface area contributed by atoms with Crippen molar-refractivity contribution in [3.8, 4) is 0 Å². The van der Waals surface area contributed by atoms with Crippen molar-refractivity contribution in [2.75, 3.05) is 32.7 Å². The predicted octanol–water partition coefficient (Wildman–Crippen LogP) is 4.28. The van der Waals surface area contributed by atoms with Crippen LogP contribution in [0.15, 0.2) is 60.0 Å². The number of hydrogen-bond acceptors (Lipinski definition) is 8. The highest BCUT2D eigenvalue weighted by atomic mass is 35.5. The molecule has 13 heteroatoms. The lowest BCUT2D eigenvalue weighted by molar-refractivity contribution is -0.122. The summed E-state index contributed by atoms with van der Waals surface area (Å²) in [7, 11) is 0. The van der Waals surface area contributed by atoms with Gasteiger partial charge in [-0.1, -0.05) is 29.8 Å². The largest absolute Gasteiger partial charge is 0.382 e. The van der Waals surface area contributed by atoms with Gasteiger partial charge < -0.3 is 15.3 Å². The maximum absolute atomic E-state index is 14.7. The number of piperidine rings is 1. The summed E-state index contributed by atoms with van der Waals surface area (Å²) in [6.45, 7) is 2.67. The number of benzene rings is 2. The number of thioether (sulfide) groups is 1. The first-order valence-corrected chi connectivity index (χ1v) is 14.9. The molecule has 2 N–H and O–H groups in total. The maximum Gasteiger partial charge on any atom is 0.293 e. The van der Waals surface area contributed by atoms with Crippen LogP contribution in [0.5, 0.6) is 0 Å². The zero-order chi connectivity index (χ0) is 29.7. The van der Waals surface area contributed by atoms with Crippen molar-refractivity contribution in [2.45, 2.75) is 37.5 Å². The fourth-order valence-corrected chi connectivity index (χ4v) is 6.21. The van der Waals surface area contributed by atoms with Gasteiger partial charge in [0.15, 0.2) is 0 Å². The molecule has 1 unspecified atom stereocenters. The van der Waals surface area contributed by atoms with Crippen LogP contribution in [0.25, 0.3) is 6.08 Å². The highest BCUT2D eigenvalue weighted by molar-refractivity contribution is 8.18. The minimum atomic E-state index is -1.67. The van der Waals surface area contributed by atoms with Gasteiger partial charge in [-0.3, -0.25) is 14.5 Å². The van der Waals surface area contributed by atoms with Gasteiger partial charge in [-0.25, -0.2) is 18.4 Å². The molecule has 1 atom stereocenters. The smallest absolute Gasteiger partial charge is 0.293 e. The van der Waals surface area contributed by atoms with Crippen LogP contribution in [0.1, 0.15) is 30.4 Å². The van der Waals surface area contributed by atoms with Gasteiger partial charge in [0.1, 0.15) is 29.9 Å². The summed E-state index contributed by atoms with van der Waals surface area (Å²) < 4.78 is 29.6. The molecule has 2 aromatic carbocycles. The van der Waals surface area contributed by atoms with Crippen LogP contribution in [0, 0.1) is 11.6 Å². The summed E-state index contributed by atoms with van der Waals surface area (Å²) in [4.78, 5) is 33.1. The summed E-state index contributed by atoms with van der Waals surface area (Å²) >= 11 is 6.87. The number of carbonyl (C=O) groups excluding carboxylic acids is 2. The number of amides is 2. The van der Waals surface area contributed by atoms with Crippen LogP contribution in [-0.2, 0) is 16.9 Å². The number of hydrogen-bond donors (Lipinski definition) is 2. The topological polar surface area (TPSA) is 104 Å². The van der Waals surface area contributed by atoms with E-state index in [9.17, 15) is 23.5 Å². The van der Waals surface area contributed by atoms with E-state index in [4.69, 9.17) is 11.6 Å². The Bertz CT molecular complexity index is 1430. The van der Waals surface area contributed by atoms with Crippen LogP contribution in [-0.4, -0.2) is 79.6 Å². The third kappa shape index (κ3) is 7.42. The second-order valence-electron chi connectivity index (χ2n) is 10.5. The Morgan fingerprint density at radius 3 is 2.57 bits per heavy atom. The third-order valence-electron chi connectivity index (χ3n) is 7.49. The van der Waals surface area contributed by atoms with Crippen LogP contribution in [0.3, 0.4) is 0 Å². The van der Waals surface area contributed by atoms with Crippen molar-refractivity contribution in [3.63, 3.8) is 0 Å². The monoisotopic (exact) mass is 616 g/mol. The second kappa shape index (κ2) is 13.4. The molecule has 1 aromatic heterocycles. The molecule has 5 rings (SSSR count). The fourth-order valence-electron chi connectivity index (χ4n) is 5.22. The Balaban J connectivity index is 1.09. The summed E-state index contributed by atoms with van der Waals surface area (Å²) in [5.74, 6) is -1.82. The molecule has 9 nitrogen and oxygen atoms in total. The average Bonchev–Trinajstić information content (AvgIpc) is 3.57. The van der Waals surface area contributed by atoms with E-state index < -0.39 is 17.2 Å². The first-order valence-electron chi connectivity index (χ1n) is 13.7. The lowest BCUT2D eigenvalue weighted by Gasteiger charge is -2.35. The van der Waals surface area contributed by atoms with Gasteiger partial charge in [0.2, 0.25) is 0 Å². The average molecular weight is 617 g/mol. The molecule has 2 aliphatic heterocycles. The lowest BCUT2D eigenvalue weighted by atomic mass is 9.92. The van der Waals surface area contributed by atoms with Crippen LogP contribution >= 0.6 is 23.4 Å². The zero-order valence-electron chi connectivity index (χ0n) is 22.8. The quantitative estimate of drug-likeness (QED) is 0.308.